The Labute approximate surface area is 114 Å². The van der Waals surface area contributed by atoms with E-state index in [9.17, 15) is 0 Å². The Kier molecular flexibility index (Phi) is 6.09. The fourth-order valence-electron chi connectivity index (χ4n) is 3.47. The van der Waals surface area contributed by atoms with Gasteiger partial charge in [0.2, 0.25) is 0 Å². The zero-order valence-corrected chi connectivity index (χ0v) is 13.5. The van der Waals surface area contributed by atoms with E-state index in [-0.39, 0.29) is 0 Å². The van der Waals surface area contributed by atoms with Crippen LogP contribution in [-0.2, 0) is 0 Å². The SMILES string of the molecule is CCCC(CC)N1C(C)CC(C)N(C)N(C)C1C. The van der Waals surface area contributed by atoms with E-state index < -0.39 is 0 Å². The molecule has 0 radical (unpaired) electrons. The first kappa shape index (κ1) is 15.9. The molecule has 0 amide bonds. The topological polar surface area (TPSA) is 9.72 Å². The molecule has 0 N–H and O–H groups in total. The van der Waals surface area contributed by atoms with E-state index in [2.05, 4.69) is 63.6 Å². The lowest BCUT2D eigenvalue weighted by Gasteiger charge is -2.43. The number of hydrazine groups is 1. The molecule has 0 aliphatic carbocycles. The molecule has 0 spiro atoms. The summed E-state index contributed by atoms with van der Waals surface area (Å²) in [5.74, 6) is 0. The Bertz CT molecular complexity index is 244. The predicted octanol–water partition coefficient (Wildman–Crippen LogP) is 3.17. The zero-order chi connectivity index (χ0) is 13.9. The molecule has 0 aromatic rings. The molecule has 1 fully saturated rings. The molecule has 108 valence electrons. The highest BCUT2D eigenvalue weighted by atomic mass is 15.7. The van der Waals surface area contributed by atoms with Crippen LogP contribution >= 0.6 is 0 Å². The second kappa shape index (κ2) is 6.88. The van der Waals surface area contributed by atoms with E-state index in [1.54, 1.807) is 0 Å². The summed E-state index contributed by atoms with van der Waals surface area (Å²) in [5.41, 5.74) is 0. The summed E-state index contributed by atoms with van der Waals surface area (Å²) < 4.78 is 0. The highest BCUT2D eigenvalue weighted by Gasteiger charge is 2.35. The molecule has 1 rings (SSSR count). The molecular weight excluding hydrogens is 222 g/mol. The summed E-state index contributed by atoms with van der Waals surface area (Å²) in [6.07, 6.45) is 5.60. The first-order chi connectivity index (χ1) is 8.43. The second-order valence-electron chi connectivity index (χ2n) is 6.01. The van der Waals surface area contributed by atoms with Crippen LogP contribution in [0.15, 0.2) is 0 Å². The molecule has 0 saturated carbocycles. The molecule has 3 heteroatoms. The van der Waals surface area contributed by atoms with Crippen molar-refractivity contribution in [2.45, 2.75) is 84.6 Å². The molecule has 0 bridgehead atoms. The Morgan fingerprint density at radius 1 is 1.00 bits per heavy atom. The van der Waals surface area contributed by atoms with E-state index in [0.29, 0.717) is 18.2 Å². The largest absolute Gasteiger partial charge is 0.281 e. The highest BCUT2D eigenvalue weighted by molar-refractivity contribution is 4.85. The van der Waals surface area contributed by atoms with Crippen LogP contribution in [0.1, 0.15) is 60.3 Å². The lowest BCUT2D eigenvalue weighted by molar-refractivity contribution is -0.0839. The maximum absolute atomic E-state index is 2.74. The summed E-state index contributed by atoms with van der Waals surface area (Å²) in [5, 5.41) is 4.81. The van der Waals surface area contributed by atoms with Gasteiger partial charge in [0.05, 0.1) is 6.17 Å². The number of hydrogen-bond donors (Lipinski definition) is 0. The minimum absolute atomic E-state index is 0.492. The fraction of sp³-hybridized carbons (Fsp3) is 1.00. The quantitative estimate of drug-likeness (QED) is 0.764. The van der Waals surface area contributed by atoms with Crippen molar-refractivity contribution in [3.63, 3.8) is 0 Å². The highest BCUT2D eigenvalue weighted by Crippen LogP contribution is 2.27. The van der Waals surface area contributed by atoms with E-state index in [4.69, 9.17) is 0 Å². The molecule has 1 heterocycles. The van der Waals surface area contributed by atoms with E-state index in [0.717, 1.165) is 6.04 Å². The molecule has 4 atom stereocenters. The van der Waals surface area contributed by atoms with Crippen molar-refractivity contribution in [1.82, 2.24) is 14.9 Å². The van der Waals surface area contributed by atoms with Crippen LogP contribution in [0.3, 0.4) is 0 Å². The Morgan fingerprint density at radius 3 is 2.11 bits per heavy atom. The summed E-state index contributed by atoms with van der Waals surface area (Å²) in [7, 11) is 4.45. The van der Waals surface area contributed by atoms with Crippen LogP contribution in [-0.4, -0.2) is 53.3 Å². The van der Waals surface area contributed by atoms with Crippen molar-refractivity contribution in [3.8, 4) is 0 Å². The molecule has 0 aromatic carbocycles. The predicted molar refractivity (Wildman–Crippen MR) is 79.4 cm³/mol. The van der Waals surface area contributed by atoms with Gasteiger partial charge in [-0.1, -0.05) is 20.3 Å². The van der Waals surface area contributed by atoms with Gasteiger partial charge in [0, 0.05) is 32.2 Å². The van der Waals surface area contributed by atoms with Crippen LogP contribution in [0, 0.1) is 0 Å². The Morgan fingerprint density at radius 2 is 1.61 bits per heavy atom. The van der Waals surface area contributed by atoms with E-state index in [1.165, 1.54) is 25.7 Å². The molecule has 0 aromatic heterocycles. The number of rotatable bonds is 4. The monoisotopic (exact) mass is 255 g/mol. The van der Waals surface area contributed by atoms with Crippen LogP contribution in [0.4, 0.5) is 0 Å². The second-order valence-corrected chi connectivity index (χ2v) is 6.01. The maximum atomic E-state index is 2.74. The zero-order valence-electron chi connectivity index (χ0n) is 13.5. The van der Waals surface area contributed by atoms with Gasteiger partial charge in [0.25, 0.3) is 0 Å². The normalized spacial score (nSPS) is 34.5. The van der Waals surface area contributed by atoms with Crippen molar-refractivity contribution < 1.29 is 0 Å². The van der Waals surface area contributed by atoms with Gasteiger partial charge in [-0.05, 0) is 40.0 Å². The summed E-state index contributed by atoms with van der Waals surface area (Å²) in [4.78, 5) is 2.74. The maximum Gasteiger partial charge on any atom is 0.0733 e. The van der Waals surface area contributed by atoms with Crippen molar-refractivity contribution >= 4 is 0 Å². The third-order valence-electron chi connectivity index (χ3n) is 4.81. The molecule has 1 aliphatic heterocycles. The van der Waals surface area contributed by atoms with Crippen LogP contribution in [0.5, 0.6) is 0 Å². The molecule has 18 heavy (non-hydrogen) atoms. The van der Waals surface area contributed by atoms with Gasteiger partial charge in [-0.3, -0.25) is 4.90 Å². The van der Waals surface area contributed by atoms with Crippen LogP contribution < -0.4 is 0 Å². The molecule has 4 unspecified atom stereocenters. The van der Waals surface area contributed by atoms with Crippen LogP contribution in [0.25, 0.3) is 0 Å². The van der Waals surface area contributed by atoms with Gasteiger partial charge in [-0.15, -0.1) is 0 Å². The van der Waals surface area contributed by atoms with Gasteiger partial charge in [0.15, 0.2) is 0 Å². The van der Waals surface area contributed by atoms with E-state index >= 15 is 0 Å². The number of hydrogen-bond acceptors (Lipinski definition) is 3. The third kappa shape index (κ3) is 3.25. The van der Waals surface area contributed by atoms with Crippen molar-refractivity contribution in [2.24, 2.45) is 0 Å². The number of nitrogens with zero attached hydrogens (tertiary/aromatic N) is 3. The third-order valence-corrected chi connectivity index (χ3v) is 4.81. The molecule has 1 saturated heterocycles. The van der Waals surface area contributed by atoms with Gasteiger partial charge in [0.1, 0.15) is 0 Å². The Hall–Kier alpha value is -0.120. The standard InChI is InChI=1S/C15H33N3/c1-8-10-15(9-2)18-13(4)11-12(3)16(6)17(7)14(18)5/h12-15H,8-11H2,1-7H3. The average molecular weight is 255 g/mol. The minimum atomic E-state index is 0.492. The first-order valence-electron chi connectivity index (χ1n) is 7.66. The summed E-state index contributed by atoms with van der Waals surface area (Å²) >= 11 is 0. The lowest BCUT2D eigenvalue weighted by Crippen LogP contribution is -2.54. The Balaban J connectivity index is 2.92. The molecular formula is C15H33N3. The van der Waals surface area contributed by atoms with Gasteiger partial charge < -0.3 is 0 Å². The summed E-state index contributed by atoms with van der Waals surface area (Å²) in [6.45, 7) is 11.7. The van der Waals surface area contributed by atoms with Gasteiger partial charge >= 0.3 is 0 Å². The van der Waals surface area contributed by atoms with Gasteiger partial charge in [-0.25, -0.2) is 10.0 Å². The molecule has 3 nitrogen and oxygen atoms in total. The van der Waals surface area contributed by atoms with Crippen molar-refractivity contribution in [3.05, 3.63) is 0 Å². The van der Waals surface area contributed by atoms with Crippen molar-refractivity contribution in [2.75, 3.05) is 14.1 Å². The first-order valence-corrected chi connectivity index (χ1v) is 7.66. The average Bonchev–Trinajstić information content (AvgIpc) is 2.40. The van der Waals surface area contributed by atoms with E-state index in [1.807, 2.05) is 0 Å². The van der Waals surface area contributed by atoms with Gasteiger partial charge in [-0.2, -0.15) is 0 Å². The fourth-order valence-corrected chi connectivity index (χ4v) is 3.47. The minimum Gasteiger partial charge on any atom is -0.281 e. The van der Waals surface area contributed by atoms with Crippen LogP contribution in [0.2, 0.25) is 0 Å². The molecule has 1 aliphatic rings. The smallest absolute Gasteiger partial charge is 0.0733 e. The van der Waals surface area contributed by atoms with Crippen molar-refractivity contribution in [1.29, 1.82) is 0 Å². The summed E-state index contributed by atoms with van der Waals surface area (Å²) in [6, 6.07) is 2.01. The lowest BCUT2D eigenvalue weighted by atomic mass is 10.0.